The van der Waals surface area contributed by atoms with Crippen molar-refractivity contribution in [3.63, 3.8) is 0 Å². The Kier molecular flexibility index (Phi) is 5.92. The van der Waals surface area contributed by atoms with E-state index in [0.29, 0.717) is 58.2 Å². The highest BCUT2D eigenvalue weighted by Crippen LogP contribution is 2.32. The van der Waals surface area contributed by atoms with E-state index in [1.807, 2.05) is 0 Å². The van der Waals surface area contributed by atoms with Crippen molar-refractivity contribution in [2.24, 2.45) is 0 Å². The fourth-order valence-electron chi connectivity index (χ4n) is 3.44. The summed E-state index contributed by atoms with van der Waals surface area (Å²) in [7, 11) is 0. The first-order valence-corrected chi connectivity index (χ1v) is 10.8. The van der Waals surface area contributed by atoms with E-state index >= 15 is 0 Å². The smallest absolute Gasteiger partial charge is 0.323 e. The Morgan fingerprint density at radius 2 is 1.79 bits per heavy atom. The predicted octanol–water partition coefficient (Wildman–Crippen LogP) is 4.34. The summed E-state index contributed by atoms with van der Waals surface area (Å²) in [5.74, 6) is 1.74. The zero-order chi connectivity index (χ0) is 23.5. The molecule has 1 aliphatic rings. The van der Waals surface area contributed by atoms with Crippen LogP contribution in [0.15, 0.2) is 71.7 Å². The molecule has 2 aromatic carbocycles. The van der Waals surface area contributed by atoms with Crippen LogP contribution in [0.4, 0.5) is 16.2 Å². The number of pyridine rings is 1. The van der Waals surface area contributed by atoms with E-state index in [9.17, 15) is 9.59 Å². The lowest BCUT2D eigenvalue weighted by atomic mass is 10.2. The zero-order valence-electron chi connectivity index (χ0n) is 17.8. The Morgan fingerprint density at radius 3 is 2.65 bits per heavy atom. The molecule has 5 rings (SSSR count). The van der Waals surface area contributed by atoms with Crippen molar-refractivity contribution in [1.82, 2.24) is 9.38 Å². The van der Waals surface area contributed by atoms with E-state index in [1.54, 1.807) is 54.6 Å². The number of halogens is 1. The minimum Gasteiger partial charge on any atom is -0.487 e. The Hall–Kier alpha value is -4.24. The van der Waals surface area contributed by atoms with Crippen LogP contribution in [0.25, 0.3) is 5.65 Å². The molecule has 3 heterocycles. The number of hydrogen-bond donors (Lipinski definition) is 2. The lowest BCUT2D eigenvalue weighted by molar-refractivity contribution is 0.171. The van der Waals surface area contributed by atoms with Crippen LogP contribution in [0.2, 0.25) is 5.02 Å². The number of carbonyl (C=O) groups excluding carboxylic acids is 1. The van der Waals surface area contributed by atoms with Gasteiger partial charge in [0.05, 0.1) is 10.7 Å². The molecule has 172 valence electrons. The summed E-state index contributed by atoms with van der Waals surface area (Å²) >= 11 is 5.94. The number of fused-ring (bicyclic) bond motifs is 2. The Morgan fingerprint density at radius 1 is 1.00 bits per heavy atom. The molecule has 0 aliphatic carbocycles. The number of urea groups is 1. The molecule has 10 heteroatoms. The number of rotatable bonds is 5. The normalized spacial score (nSPS) is 12.3. The van der Waals surface area contributed by atoms with Gasteiger partial charge in [-0.1, -0.05) is 17.7 Å². The van der Waals surface area contributed by atoms with Crippen molar-refractivity contribution in [1.29, 1.82) is 0 Å². The van der Waals surface area contributed by atoms with E-state index in [2.05, 4.69) is 15.6 Å². The summed E-state index contributed by atoms with van der Waals surface area (Å²) < 4.78 is 18.2. The maximum absolute atomic E-state index is 12.4. The van der Waals surface area contributed by atoms with Crippen molar-refractivity contribution in [2.45, 2.75) is 6.61 Å². The fourth-order valence-corrected chi connectivity index (χ4v) is 3.60. The van der Waals surface area contributed by atoms with Crippen LogP contribution in [-0.4, -0.2) is 28.6 Å². The monoisotopic (exact) mass is 478 g/mol. The molecule has 0 atom stereocenters. The molecule has 0 saturated carbocycles. The van der Waals surface area contributed by atoms with Gasteiger partial charge in [0.2, 0.25) is 0 Å². The molecule has 2 aromatic heterocycles. The average Bonchev–Trinajstić information content (AvgIpc) is 2.83. The number of nitrogens with zero attached hydrogens (tertiary/aromatic N) is 2. The number of hydrogen-bond acceptors (Lipinski definition) is 6. The summed E-state index contributed by atoms with van der Waals surface area (Å²) in [4.78, 5) is 29.2. The standard InChI is InChI=1S/C24H19ClN4O5/c25-15-4-7-22-26-18(12-23(30)29(22)13-15)14-34-19-3-1-2-16(10-19)27-24(31)28-17-5-6-20-21(11-17)33-9-8-32-20/h1-7,10-13H,8-9,14H2,(H2,27,28,31). The minimum absolute atomic E-state index is 0.0845. The molecule has 34 heavy (non-hydrogen) atoms. The van der Waals surface area contributed by atoms with Gasteiger partial charge in [0, 0.05) is 35.8 Å². The summed E-state index contributed by atoms with van der Waals surface area (Å²) in [5, 5.41) is 5.97. The van der Waals surface area contributed by atoms with Crippen molar-refractivity contribution < 1.29 is 19.0 Å². The lowest BCUT2D eigenvalue weighted by Gasteiger charge is -2.19. The molecule has 0 radical (unpaired) electrons. The van der Waals surface area contributed by atoms with Crippen molar-refractivity contribution in [2.75, 3.05) is 23.8 Å². The molecule has 2 N–H and O–H groups in total. The molecule has 4 aromatic rings. The molecular weight excluding hydrogens is 460 g/mol. The van der Waals surface area contributed by atoms with Gasteiger partial charge < -0.3 is 24.8 Å². The molecule has 9 nitrogen and oxygen atoms in total. The quantitative estimate of drug-likeness (QED) is 0.442. The topological polar surface area (TPSA) is 103 Å². The van der Waals surface area contributed by atoms with Gasteiger partial charge in [0.1, 0.15) is 31.2 Å². The second-order valence-corrected chi connectivity index (χ2v) is 7.85. The van der Waals surface area contributed by atoms with E-state index in [-0.39, 0.29) is 12.2 Å². The first-order valence-electron chi connectivity index (χ1n) is 10.4. The number of amides is 2. The minimum atomic E-state index is -0.420. The first kappa shape index (κ1) is 21.6. The molecule has 1 aliphatic heterocycles. The van der Waals surface area contributed by atoms with Gasteiger partial charge in [-0.2, -0.15) is 0 Å². The van der Waals surface area contributed by atoms with Gasteiger partial charge in [0.15, 0.2) is 11.5 Å². The maximum Gasteiger partial charge on any atom is 0.323 e. The molecular formula is C24H19ClN4O5. The van der Waals surface area contributed by atoms with Crippen molar-refractivity contribution in [3.05, 3.63) is 87.9 Å². The van der Waals surface area contributed by atoms with Crippen LogP contribution in [0.5, 0.6) is 17.2 Å². The van der Waals surface area contributed by atoms with Crippen molar-refractivity contribution in [3.8, 4) is 17.2 Å². The summed E-state index contributed by atoms with van der Waals surface area (Å²) in [6.45, 7) is 1.05. The van der Waals surface area contributed by atoms with Gasteiger partial charge in [-0.25, -0.2) is 9.78 Å². The Balaban J connectivity index is 1.22. The molecule has 0 unspecified atom stereocenters. The van der Waals surface area contributed by atoms with Gasteiger partial charge in [0.25, 0.3) is 5.56 Å². The first-order chi connectivity index (χ1) is 16.5. The third-order valence-corrected chi connectivity index (χ3v) is 5.18. The number of ether oxygens (including phenoxy) is 3. The summed E-state index contributed by atoms with van der Waals surface area (Å²) in [6.07, 6.45) is 1.52. The highest BCUT2D eigenvalue weighted by molar-refractivity contribution is 6.30. The lowest BCUT2D eigenvalue weighted by Crippen LogP contribution is -2.20. The number of nitrogens with one attached hydrogen (secondary N) is 2. The second kappa shape index (κ2) is 9.32. The highest BCUT2D eigenvalue weighted by Gasteiger charge is 2.13. The average molecular weight is 479 g/mol. The van der Waals surface area contributed by atoms with Crippen LogP contribution in [0.3, 0.4) is 0 Å². The molecule has 0 saturated heterocycles. The van der Waals surface area contributed by atoms with Gasteiger partial charge in [-0.3, -0.25) is 9.20 Å². The molecule has 0 fully saturated rings. The van der Waals surface area contributed by atoms with Crippen molar-refractivity contribution >= 4 is 34.7 Å². The third kappa shape index (κ3) is 4.89. The second-order valence-electron chi connectivity index (χ2n) is 7.42. The largest absolute Gasteiger partial charge is 0.487 e. The van der Waals surface area contributed by atoms with Gasteiger partial charge in [-0.05, 0) is 36.4 Å². The van der Waals surface area contributed by atoms with Crippen LogP contribution < -0.4 is 30.4 Å². The Labute approximate surface area is 198 Å². The highest BCUT2D eigenvalue weighted by atomic mass is 35.5. The number of benzene rings is 2. The van der Waals surface area contributed by atoms with E-state index in [4.69, 9.17) is 25.8 Å². The van der Waals surface area contributed by atoms with E-state index in [0.717, 1.165) is 0 Å². The predicted molar refractivity (Wildman–Crippen MR) is 127 cm³/mol. The van der Waals surface area contributed by atoms with Crippen LogP contribution in [0, 0.1) is 0 Å². The molecule has 0 bridgehead atoms. The fraction of sp³-hybridized carbons (Fsp3) is 0.125. The molecule has 0 spiro atoms. The van der Waals surface area contributed by atoms with Gasteiger partial charge in [-0.15, -0.1) is 0 Å². The summed E-state index contributed by atoms with van der Waals surface area (Å²) in [6, 6.07) is 16.4. The maximum atomic E-state index is 12.4. The van der Waals surface area contributed by atoms with E-state index in [1.165, 1.54) is 16.7 Å². The zero-order valence-corrected chi connectivity index (χ0v) is 18.5. The van der Waals surface area contributed by atoms with Gasteiger partial charge >= 0.3 is 6.03 Å². The Bertz CT molecular complexity index is 1440. The molecule has 2 amide bonds. The van der Waals surface area contributed by atoms with Crippen LogP contribution in [0.1, 0.15) is 5.69 Å². The number of carbonyl (C=O) groups is 1. The number of anilines is 2. The SMILES string of the molecule is O=C(Nc1cccc(OCc2cc(=O)n3cc(Cl)ccc3n2)c1)Nc1ccc2c(c1)OCCO2. The van der Waals surface area contributed by atoms with E-state index < -0.39 is 6.03 Å². The summed E-state index contributed by atoms with van der Waals surface area (Å²) in [5.41, 5.74) is 1.80. The van der Waals surface area contributed by atoms with Crippen LogP contribution >= 0.6 is 11.6 Å². The van der Waals surface area contributed by atoms with Crippen LogP contribution in [-0.2, 0) is 6.61 Å². The third-order valence-electron chi connectivity index (χ3n) is 4.96. The number of aromatic nitrogens is 2.